The largest absolute Gasteiger partial charge is 0.374 e. The van der Waals surface area contributed by atoms with Crippen LogP contribution in [0.1, 0.15) is 51.7 Å². The first-order valence-corrected chi connectivity index (χ1v) is 8.48. The van der Waals surface area contributed by atoms with Crippen molar-refractivity contribution in [3.63, 3.8) is 0 Å². The normalized spacial score (nSPS) is 17.6. The van der Waals surface area contributed by atoms with E-state index in [-0.39, 0.29) is 17.9 Å². The number of fused-ring (bicyclic) bond motifs is 1. The molecule has 0 aliphatic heterocycles. The van der Waals surface area contributed by atoms with Crippen molar-refractivity contribution in [1.29, 1.82) is 5.26 Å². The van der Waals surface area contributed by atoms with E-state index in [0.29, 0.717) is 0 Å². The molecule has 1 aliphatic carbocycles. The van der Waals surface area contributed by atoms with E-state index in [9.17, 15) is 10.1 Å². The van der Waals surface area contributed by atoms with Crippen LogP contribution < -0.4 is 10.6 Å². The molecule has 2 rings (SSSR count). The lowest BCUT2D eigenvalue weighted by Crippen LogP contribution is -2.53. The van der Waals surface area contributed by atoms with Gasteiger partial charge in [0.05, 0.1) is 6.07 Å². The van der Waals surface area contributed by atoms with Gasteiger partial charge in [-0.1, -0.05) is 26.0 Å². The van der Waals surface area contributed by atoms with Gasteiger partial charge in [0.15, 0.2) is 0 Å². The van der Waals surface area contributed by atoms with E-state index in [1.807, 2.05) is 32.9 Å². The fourth-order valence-electron chi connectivity index (χ4n) is 2.88. The molecule has 0 aromatic heterocycles. The molecule has 1 aromatic carbocycles. The Kier molecular flexibility index (Phi) is 5.30. The summed E-state index contributed by atoms with van der Waals surface area (Å²) in [7, 11) is 0. The Bertz CT molecular complexity index is 618. The van der Waals surface area contributed by atoms with Crippen molar-refractivity contribution in [1.82, 2.24) is 5.32 Å². The molecule has 0 radical (unpaired) electrons. The lowest BCUT2D eigenvalue weighted by Gasteiger charge is -2.29. The molecular weight excluding hydrogens is 286 g/mol. The average Bonchev–Trinajstić information content (AvgIpc) is 2.54. The fourth-order valence-corrected chi connectivity index (χ4v) is 2.88. The highest BCUT2D eigenvalue weighted by molar-refractivity contribution is 5.85. The van der Waals surface area contributed by atoms with Crippen LogP contribution in [0, 0.1) is 17.2 Å². The Morgan fingerprint density at radius 3 is 2.61 bits per heavy atom. The molecule has 124 valence electrons. The van der Waals surface area contributed by atoms with E-state index in [4.69, 9.17) is 0 Å². The van der Waals surface area contributed by atoms with Crippen LogP contribution in [0.4, 0.5) is 5.69 Å². The summed E-state index contributed by atoms with van der Waals surface area (Å²) in [5, 5.41) is 15.6. The molecule has 2 atom stereocenters. The summed E-state index contributed by atoms with van der Waals surface area (Å²) in [6, 6.07) is 8.10. The maximum Gasteiger partial charge on any atom is 0.243 e. The number of hydrogen-bond donors (Lipinski definition) is 2. The predicted molar refractivity (Wildman–Crippen MR) is 93.2 cm³/mol. The maximum atomic E-state index is 12.5. The second-order valence-electron chi connectivity index (χ2n) is 6.97. The summed E-state index contributed by atoms with van der Waals surface area (Å²) in [4.78, 5) is 12.5. The minimum absolute atomic E-state index is 0.0492. The van der Waals surface area contributed by atoms with Crippen LogP contribution in [0.15, 0.2) is 18.2 Å². The van der Waals surface area contributed by atoms with Crippen LogP contribution in [0.2, 0.25) is 0 Å². The van der Waals surface area contributed by atoms with E-state index in [2.05, 4.69) is 22.8 Å². The zero-order valence-corrected chi connectivity index (χ0v) is 14.6. The number of carbonyl (C=O) groups is 1. The van der Waals surface area contributed by atoms with E-state index in [0.717, 1.165) is 18.5 Å². The van der Waals surface area contributed by atoms with E-state index in [1.54, 1.807) is 6.92 Å². The van der Waals surface area contributed by atoms with Crippen molar-refractivity contribution >= 4 is 11.6 Å². The Hall–Kier alpha value is -2.02. The number of nitrogens with zero attached hydrogens (tertiary/aromatic N) is 1. The van der Waals surface area contributed by atoms with Gasteiger partial charge in [0.2, 0.25) is 5.91 Å². The van der Waals surface area contributed by atoms with Crippen molar-refractivity contribution in [2.75, 3.05) is 5.32 Å². The number of benzene rings is 1. The first-order chi connectivity index (χ1) is 10.9. The quantitative estimate of drug-likeness (QED) is 0.875. The van der Waals surface area contributed by atoms with Crippen LogP contribution >= 0.6 is 0 Å². The number of amides is 1. The second-order valence-corrected chi connectivity index (χ2v) is 6.97. The monoisotopic (exact) mass is 313 g/mol. The Balaban J connectivity index is 2.09. The van der Waals surface area contributed by atoms with E-state index in [1.165, 1.54) is 24.0 Å². The lowest BCUT2D eigenvalue weighted by molar-refractivity contribution is -0.123. The molecule has 0 bridgehead atoms. The van der Waals surface area contributed by atoms with Crippen LogP contribution in [0.3, 0.4) is 0 Å². The summed E-state index contributed by atoms with van der Waals surface area (Å²) in [5.41, 5.74) is 2.93. The highest BCUT2D eigenvalue weighted by Crippen LogP contribution is 2.28. The highest BCUT2D eigenvalue weighted by Gasteiger charge is 2.31. The molecule has 23 heavy (non-hydrogen) atoms. The summed E-state index contributed by atoms with van der Waals surface area (Å²) in [6.07, 6.45) is 4.62. The summed E-state index contributed by atoms with van der Waals surface area (Å²) in [5.74, 6) is -0.0932. The van der Waals surface area contributed by atoms with Gasteiger partial charge < -0.3 is 10.6 Å². The van der Waals surface area contributed by atoms with Gasteiger partial charge in [-0.15, -0.1) is 0 Å². The molecule has 0 unspecified atom stereocenters. The van der Waals surface area contributed by atoms with Crippen LogP contribution in [0.25, 0.3) is 0 Å². The van der Waals surface area contributed by atoms with Gasteiger partial charge >= 0.3 is 0 Å². The van der Waals surface area contributed by atoms with Gasteiger partial charge in [-0.25, -0.2) is 0 Å². The third-order valence-electron chi connectivity index (χ3n) is 4.93. The molecular formula is C19H27N3O. The van der Waals surface area contributed by atoms with Gasteiger partial charge in [-0.05, 0) is 62.6 Å². The Morgan fingerprint density at radius 2 is 1.96 bits per heavy atom. The van der Waals surface area contributed by atoms with Crippen molar-refractivity contribution < 1.29 is 4.79 Å². The molecule has 1 aromatic rings. The molecule has 0 saturated carbocycles. The minimum Gasteiger partial charge on any atom is -0.374 e. The van der Waals surface area contributed by atoms with Crippen LogP contribution in [0.5, 0.6) is 0 Å². The molecule has 0 fully saturated rings. The van der Waals surface area contributed by atoms with Gasteiger partial charge in [0, 0.05) is 5.69 Å². The molecule has 0 heterocycles. The molecule has 4 heteroatoms. The minimum atomic E-state index is -0.844. The molecule has 2 N–H and O–H groups in total. The first-order valence-electron chi connectivity index (χ1n) is 8.48. The third kappa shape index (κ3) is 3.85. The molecule has 1 aliphatic rings. The predicted octanol–water partition coefficient (Wildman–Crippen LogP) is 3.42. The molecule has 0 saturated heterocycles. The zero-order valence-electron chi connectivity index (χ0n) is 14.6. The van der Waals surface area contributed by atoms with Crippen molar-refractivity contribution in [2.24, 2.45) is 5.92 Å². The SMILES string of the molecule is CC(C)[C@@](C)(C#N)NC(=O)[C@@H](C)Nc1cccc2c1CCCC2. The Labute approximate surface area is 139 Å². The molecule has 1 amide bonds. The number of nitriles is 1. The summed E-state index contributed by atoms with van der Waals surface area (Å²) in [6.45, 7) is 7.49. The van der Waals surface area contributed by atoms with Crippen molar-refractivity contribution in [3.05, 3.63) is 29.3 Å². The lowest BCUT2D eigenvalue weighted by atomic mass is 9.89. The van der Waals surface area contributed by atoms with Gasteiger partial charge in [0.25, 0.3) is 0 Å². The number of nitrogens with one attached hydrogen (secondary N) is 2. The van der Waals surface area contributed by atoms with Crippen molar-refractivity contribution in [3.8, 4) is 6.07 Å². The van der Waals surface area contributed by atoms with E-state index >= 15 is 0 Å². The maximum absolute atomic E-state index is 12.5. The summed E-state index contributed by atoms with van der Waals surface area (Å²) < 4.78 is 0. The van der Waals surface area contributed by atoms with Crippen molar-refractivity contribution in [2.45, 2.75) is 65.0 Å². The molecule has 0 spiro atoms. The summed E-state index contributed by atoms with van der Waals surface area (Å²) >= 11 is 0. The number of rotatable bonds is 5. The topological polar surface area (TPSA) is 64.9 Å². The number of carbonyl (C=O) groups excluding carboxylic acids is 1. The third-order valence-corrected chi connectivity index (χ3v) is 4.93. The first kappa shape index (κ1) is 17.3. The smallest absolute Gasteiger partial charge is 0.243 e. The van der Waals surface area contributed by atoms with E-state index < -0.39 is 5.54 Å². The number of anilines is 1. The fraction of sp³-hybridized carbons (Fsp3) is 0.579. The number of aryl methyl sites for hydroxylation is 1. The average molecular weight is 313 g/mol. The Morgan fingerprint density at radius 1 is 1.26 bits per heavy atom. The number of hydrogen-bond acceptors (Lipinski definition) is 3. The van der Waals surface area contributed by atoms with Gasteiger partial charge in [-0.3, -0.25) is 4.79 Å². The van der Waals surface area contributed by atoms with Gasteiger partial charge in [-0.2, -0.15) is 5.26 Å². The zero-order chi connectivity index (χ0) is 17.0. The van der Waals surface area contributed by atoms with Crippen LogP contribution in [-0.4, -0.2) is 17.5 Å². The van der Waals surface area contributed by atoms with Gasteiger partial charge in [0.1, 0.15) is 11.6 Å². The molecule has 4 nitrogen and oxygen atoms in total. The standard InChI is InChI=1S/C19H27N3O/c1-13(2)19(4,12-20)22-18(23)14(3)21-17-11-7-9-15-8-5-6-10-16(15)17/h7,9,11,13-14,21H,5-6,8,10H2,1-4H3,(H,22,23)/t14-,19-/m1/s1. The highest BCUT2D eigenvalue weighted by atomic mass is 16.2. The van der Waals surface area contributed by atoms with Crippen LogP contribution in [-0.2, 0) is 17.6 Å². The second kappa shape index (κ2) is 7.04.